The molecule has 1 N–H and O–H groups in total. The number of sulfone groups is 1. The first-order chi connectivity index (χ1) is 10.7. The average molecular weight is 343 g/mol. The summed E-state index contributed by atoms with van der Waals surface area (Å²) in [6.07, 6.45) is -0.180. The minimum atomic E-state index is -3.61. The minimum Gasteiger partial charge on any atom is -0.497 e. The molecule has 1 aromatic rings. The van der Waals surface area contributed by atoms with Crippen molar-refractivity contribution in [3.63, 3.8) is 0 Å². The second-order valence-corrected chi connectivity index (χ2v) is 7.30. The van der Waals surface area contributed by atoms with Gasteiger partial charge in [0.05, 0.1) is 24.2 Å². The summed E-state index contributed by atoms with van der Waals surface area (Å²) in [4.78, 5) is 24.0. The molecule has 1 unspecified atom stereocenters. The van der Waals surface area contributed by atoms with Crippen molar-refractivity contribution in [1.29, 1.82) is 0 Å². The standard InChI is InChI=1S/C15H21NO6S/c1-11(15(19)16(2)9-8-14(17)18)10-23(20,21)13-6-4-12(22-3)5-7-13/h4-7,11H,8-10H2,1-3H3,(H,17,18). The molecule has 0 fully saturated rings. The number of benzene rings is 1. The Morgan fingerprint density at radius 3 is 2.30 bits per heavy atom. The number of hydrogen-bond donors (Lipinski definition) is 1. The third kappa shape index (κ3) is 5.55. The van der Waals surface area contributed by atoms with Crippen LogP contribution in [0.25, 0.3) is 0 Å². The van der Waals surface area contributed by atoms with Gasteiger partial charge in [0.1, 0.15) is 5.75 Å². The van der Waals surface area contributed by atoms with E-state index in [1.54, 1.807) is 12.1 Å². The van der Waals surface area contributed by atoms with Gasteiger partial charge in [-0.15, -0.1) is 0 Å². The maximum atomic E-state index is 12.3. The SMILES string of the molecule is COc1ccc(S(=O)(=O)CC(C)C(=O)N(C)CCC(=O)O)cc1. The van der Waals surface area contributed by atoms with Crippen molar-refractivity contribution in [2.45, 2.75) is 18.2 Å². The second-order valence-electron chi connectivity index (χ2n) is 5.26. The summed E-state index contributed by atoms with van der Waals surface area (Å²) >= 11 is 0. The predicted octanol–water partition coefficient (Wildman–Crippen LogP) is 1.04. The van der Waals surface area contributed by atoms with Crippen LogP contribution in [0.15, 0.2) is 29.2 Å². The summed E-state index contributed by atoms with van der Waals surface area (Å²) in [7, 11) is -0.670. The fraction of sp³-hybridized carbons (Fsp3) is 0.467. The first kappa shape index (κ1) is 19.0. The third-order valence-corrected chi connectivity index (χ3v) is 5.28. The molecule has 1 atom stereocenters. The van der Waals surface area contributed by atoms with E-state index in [1.165, 1.54) is 38.1 Å². The van der Waals surface area contributed by atoms with Crippen LogP contribution in [-0.2, 0) is 19.4 Å². The topological polar surface area (TPSA) is 101 Å². The van der Waals surface area contributed by atoms with Crippen LogP contribution in [0.4, 0.5) is 0 Å². The predicted molar refractivity (Wildman–Crippen MR) is 84.1 cm³/mol. The summed E-state index contributed by atoms with van der Waals surface area (Å²) in [6, 6.07) is 5.94. The Bertz CT molecular complexity index is 653. The number of hydrogen-bond acceptors (Lipinski definition) is 5. The Morgan fingerprint density at radius 2 is 1.83 bits per heavy atom. The van der Waals surface area contributed by atoms with Crippen molar-refractivity contribution in [2.24, 2.45) is 5.92 Å². The van der Waals surface area contributed by atoms with Crippen molar-refractivity contribution < 1.29 is 27.9 Å². The van der Waals surface area contributed by atoms with Gasteiger partial charge >= 0.3 is 5.97 Å². The van der Waals surface area contributed by atoms with E-state index in [4.69, 9.17) is 9.84 Å². The van der Waals surface area contributed by atoms with Crippen molar-refractivity contribution in [3.05, 3.63) is 24.3 Å². The van der Waals surface area contributed by atoms with Crippen LogP contribution < -0.4 is 4.74 Å². The van der Waals surface area contributed by atoms with E-state index in [0.717, 1.165) is 0 Å². The molecule has 0 saturated carbocycles. The zero-order valence-electron chi connectivity index (χ0n) is 13.4. The van der Waals surface area contributed by atoms with E-state index in [2.05, 4.69) is 0 Å². The molecule has 7 nitrogen and oxygen atoms in total. The molecule has 0 aromatic heterocycles. The smallest absolute Gasteiger partial charge is 0.305 e. The average Bonchev–Trinajstić information content (AvgIpc) is 2.51. The van der Waals surface area contributed by atoms with Crippen LogP contribution >= 0.6 is 0 Å². The van der Waals surface area contributed by atoms with E-state index < -0.39 is 27.6 Å². The molecular formula is C15H21NO6S. The Labute approximate surface area is 135 Å². The van der Waals surface area contributed by atoms with Crippen LogP contribution in [0.5, 0.6) is 5.75 Å². The zero-order valence-corrected chi connectivity index (χ0v) is 14.2. The highest BCUT2D eigenvalue weighted by Crippen LogP contribution is 2.19. The number of nitrogens with zero attached hydrogens (tertiary/aromatic N) is 1. The molecule has 0 aliphatic rings. The second kappa shape index (κ2) is 7.96. The van der Waals surface area contributed by atoms with Gasteiger partial charge in [-0.3, -0.25) is 9.59 Å². The van der Waals surface area contributed by atoms with Crippen molar-refractivity contribution in [2.75, 3.05) is 26.5 Å². The van der Waals surface area contributed by atoms with Crippen LogP contribution in [0, 0.1) is 5.92 Å². The summed E-state index contributed by atoms with van der Waals surface area (Å²) in [5.74, 6) is -1.97. The molecule has 0 spiro atoms. The lowest BCUT2D eigenvalue weighted by Crippen LogP contribution is -2.36. The summed E-state index contributed by atoms with van der Waals surface area (Å²) in [5, 5.41) is 8.62. The van der Waals surface area contributed by atoms with Gasteiger partial charge in [-0.1, -0.05) is 6.92 Å². The Hall–Kier alpha value is -2.09. The third-order valence-electron chi connectivity index (χ3n) is 3.35. The van der Waals surface area contributed by atoms with Gasteiger partial charge in [0.15, 0.2) is 9.84 Å². The summed E-state index contributed by atoms with van der Waals surface area (Å²) in [6.45, 7) is 1.56. The Balaban J connectivity index is 2.75. The van der Waals surface area contributed by atoms with E-state index >= 15 is 0 Å². The normalized spacial score (nSPS) is 12.5. The number of amides is 1. The lowest BCUT2D eigenvalue weighted by Gasteiger charge is -2.20. The minimum absolute atomic E-state index is 0.0427. The Kier molecular flexibility index (Phi) is 6.56. The van der Waals surface area contributed by atoms with Gasteiger partial charge in [0.2, 0.25) is 5.91 Å². The van der Waals surface area contributed by atoms with Gasteiger partial charge in [0, 0.05) is 19.5 Å². The van der Waals surface area contributed by atoms with Crippen LogP contribution in [0.1, 0.15) is 13.3 Å². The zero-order chi connectivity index (χ0) is 17.6. The maximum absolute atomic E-state index is 12.3. The molecule has 1 aromatic carbocycles. The first-order valence-corrected chi connectivity index (χ1v) is 8.66. The number of carboxylic acids is 1. The lowest BCUT2D eigenvalue weighted by atomic mass is 10.2. The van der Waals surface area contributed by atoms with Crippen molar-refractivity contribution in [1.82, 2.24) is 4.90 Å². The largest absolute Gasteiger partial charge is 0.497 e. The number of carboxylic acid groups (broad SMARTS) is 1. The van der Waals surface area contributed by atoms with Gasteiger partial charge < -0.3 is 14.7 Å². The number of carbonyl (C=O) groups excluding carboxylic acids is 1. The highest BCUT2D eigenvalue weighted by molar-refractivity contribution is 7.91. The van der Waals surface area contributed by atoms with Crippen molar-refractivity contribution >= 4 is 21.7 Å². The maximum Gasteiger partial charge on any atom is 0.305 e. The summed E-state index contributed by atoms with van der Waals surface area (Å²) in [5.41, 5.74) is 0. The van der Waals surface area contributed by atoms with Crippen LogP contribution in [0.2, 0.25) is 0 Å². The monoisotopic (exact) mass is 343 g/mol. The number of methoxy groups -OCH3 is 1. The highest BCUT2D eigenvalue weighted by Gasteiger charge is 2.25. The van der Waals surface area contributed by atoms with E-state index in [9.17, 15) is 18.0 Å². The van der Waals surface area contributed by atoms with Gasteiger partial charge in [0.25, 0.3) is 0 Å². The van der Waals surface area contributed by atoms with Crippen LogP contribution in [0.3, 0.4) is 0 Å². The van der Waals surface area contributed by atoms with Gasteiger partial charge in [-0.2, -0.15) is 0 Å². The summed E-state index contributed by atoms with van der Waals surface area (Å²) < 4.78 is 29.6. The first-order valence-electron chi connectivity index (χ1n) is 7.01. The molecule has 128 valence electrons. The molecule has 0 aliphatic carbocycles. The molecule has 0 bridgehead atoms. The molecule has 1 amide bonds. The van der Waals surface area contributed by atoms with Gasteiger partial charge in [-0.25, -0.2) is 8.42 Å². The molecule has 0 radical (unpaired) electrons. The fourth-order valence-electron chi connectivity index (χ4n) is 2.03. The van der Waals surface area contributed by atoms with E-state index in [1.807, 2.05) is 0 Å². The molecular weight excluding hydrogens is 322 g/mol. The van der Waals surface area contributed by atoms with E-state index in [0.29, 0.717) is 5.75 Å². The number of carbonyl (C=O) groups is 2. The van der Waals surface area contributed by atoms with Crippen LogP contribution in [-0.4, -0.2) is 56.8 Å². The molecule has 8 heteroatoms. The number of ether oxygens (including phenoxy) is 1. The molecule has 0 aliphatic heterocycles. The quantitative estimate of drug-likeness (QED) is 0.757. The number of rotatable bonds is 8. The number of aliphatic carboxylic acids is 1. The van der Waals surface area contributed by atoms with Gasteiger partial charge in [-0.05, 0) is 24.3 Å². The van der Waals surface area contributed by atoms with Crippen molar-refractivity contribution in [3.8, 4) is 5.75 Å². The molecule has 0 saturated heterocycles. The Morgan fingerprint density at radius 1 is 1.26 bits per heavy atom. The van der Waals surface area contributed by atoms with E-state index in [-0.39, 0.29) is 23.6 Å². The fourth-order valence-corrected chi connectivity index (χ4v) is 3.57. The lowest BCUT2D eigenvalue weighted by molar-refractivity contribution is -0.138. The molecule has 23 heavy (non-hydrogen) atoms. The molecule has 0 heterocycles. The molecule has 1 rings (SSSR count). The highest BCUT2D eigenvalue weighted by atomic mass is 32.2.